The van der Waals surface area contributed by atoms with Gasteiger partial charge in [-0.1, -0.05) is 66.7 Å². The molecule has 1 aromatic heterocycles. The van der Waals surface area contributed by atoms with Crippen molar-refractivity contribution in [3.63, 3.8) is 0 Å². The number of para-hydroxylation sites is 1. The molecule has 0 amide bonds. The van der Waals surface area contributed by atoms with Gasteiger partial charge < -0.3 is 11.1 Å². The highest BCUT2D eigenvalue weighted by Crippen LogP contribution is 2.44. The molecule has 0 atom stereocenters. The Balaban J connectivity index is 1.93. The fourth-order valence-corrected chi connectivity index (χ4v) is 6.45. The van der Waals surface area contributed by atoms with E-state index in [1.165, 1.54) is 12.1 Å². The van der Waals surface area contributed by atoms with Gasteiger partial charge in [0.05, 0.1) is 10.6 Å². The first-order valence-electron chi connectivity index (χ1n) is 9.96. The van der Waals surface area contributed by atoms with Crippen LogP contribution in [-0.2, 0) is 9.84 Å². The van der Waals surface area contributed by atoms with Gasteiger partial charge in [-0.05, 0) is 37.1 Å². The molecule has 0 saturated heterocycles. The van der Waals surface area contributed by atoms with Crippen molar-refractivity contribution in [1.82, 2.24) is 0 Å². The summed E-state index contributed by atoms with van der Waals surface area (Å²) in [4.78, 5) is 13.4. The third kappa shape index (κ3) is 3.92. The summed E-state index contributed by atoms with van der Waals surface area (Å²) in [6, 6.07) is 22.6. The van der Waals surface area contributed by atoms with E-state index in [9.17, 15) is 13.2 Å². The second-order valence-corrected chi connectivity index (χ2v) is 10.3. The highest BCUT2D eigenvalue weighted by molar-refractivity contribution is 7.92. The maximum atomic E-state index is 13.6. The predicted molar refractivity (Wildman–Crippen MR) is 130 cm³/mol. The van der Waals surface area contributed by atoms with Crippen LogP contribution in [0.3, 0.4) is 0 Å². The van der Waals surface area contributed by atoms with Gasteiger partial charge in [0.15, 0.2) is 0 Å². The van der Waals surface area contributed by atoms with Gasteiger partial charge in [-0.15, -0.1) is 11.3 Å². The number of carbonyl (C=O) groups excluding carboxylic acids is 1. The maximum Gasteiger partial charge on any atom is 0.211 e. The van der Waals surface area contributed by atoms with Crippen LogP contribution < -0.4 is 11.1 Å². The van der Waals surface area contributed by atoms with Gasteiger partial charge in [0, 0.05) is 11.3 Å². The molecule has 0 saturated carbocycles. The van der Waals surface area contributed by atoms with Gasteiger partial charge >= 0.3 is 0 Å². The standard InChI is InChI=1S/C25H22N2O3S2/c1-16-10-9-11-17(2)21(16)27-25-24(32(29,30)19-14-7-4-8-15-19)20(26)23(31-25)22(28)18-12-5-3-6-13-18/h3-15,27H,26H2,1-2H3. The molecule has 0 spiro atoms. The molecule has 7 heteroatoms. The number of nitrogen functional groups attached to an aromatic ring is 1. The first kappa shape index (κ1) is 21.8. The average molecular weight is 463 g/mol. The van der Waals surface area contributed by atoms with Crippen LogP contribution in [0.25, 0.3) is 0 Å². The Morgan fingerprint density at radius 2 is 1.41 bits per heavy atom. The van der Waals surface area contributed by atoms with Gasteiger partial charge in [-0.2, -0.15) is 0 Å². The summed E-state index contributed by atoms with van der Waals surface area (Å²) in [6.07, 6.45) is 0. The van der Waals surface area contributed by atoms with Crippen molar-refractivity contribution in [2.45, 2.75) is 23.6 Å². The number of aryl methyl sites for hydroxylation is 2. The van der Waals surface area contributed by atoms with E-state index in [4.69, 9.17) is 5.73 Å². The number of thiophene rings is 1. The summed E-state index contributed by atoms with van der Waals surface area (Å²) in [5.74, 6) is -0.313. The van der Waals surface area contributed by atoms with Crippen LogP contribution in [0.2, 0.25) is 0 Å². The lowest BCUT2D eigenvalue weighted by atomic mass is 10.1. The zero-order chi connectivity index (χ0) is 22.9. The zero-order valence-electron chi connectivity index (χ0n) is 17.6. The van der Waals surface area contributed by atoms with Crippen LogP contribution in [0.5, 0.6) is 0 Å². The van der Waals surface area contributed by atoms with Gasteiger partial charge in [0.2, 0.25) is 15.6 Å². The molecule has 0 radical (unpaired) electrons. The Morgan fingerprint density at radius 1 is 0.844 bits per heavy atom. The smallest absolute Gasteiger partial charge is 0.211 e. The quantitative estimate of drug-likeness (QED) is 0.356. The number of carbonyl (C=O) groups is 1. The molecule has 4 rings (SSSR count). The average Bonchev–Trinajstić information content (AvgIpc) is 3.13. The molecule has 0 bridgehead atoms. The third-order valence-electron chi connectivity index (χ3n) is 5.18. The van der Waals surface area contributed by atoms with Gasteiger partial charge in [0.1, 0.15) is 14.8 Å². The summed E-state index contributed by atoms with van der Waals surface area (Å²) in [5, 5.41) is 3.58. The minimum absolute atomic E-state index is 0.0403. The van der Waals surface area contributed by atoms with Gasteiger partial charge in [-0.25, -0.2) is 8.42 Å². The molecule has 3 aromatic carbocycles. The van der Waals surface area contributed by atoms with E-state index >= 15 is 0 Å². The number of rotatable bonds is 6. The van der Waals surface area contributed by atoms with Crippen molar-refractivity contribution < 1.29 is 13.2 Å². The second kappa shape index (κ2) is 8.61. The summed E-state index contributed by atoms with van der Waals surface area (Å²) >= 11 is 1.06. The first-order chi connectivity index (χ1) is 15.3. The molecule has 162 valence electrons. The molecular formula is C25H22N2O3S2. The molecule has 0 fully saturated rings. The van der Waals surface area contributed by atoms with Crippen molar-refractivity contribution in [2.24, 2.45) is 0 Å². The first-order valence-corrected chi connectivity index (χ1v) is 12.3. The van der Waals surface area contributed by atoms with E-state index in [2.05, 4.69) is 5.32 Å². The minimum atomic E-state index is -3.97. The molecular weight excluding hydrogens is 440 g/mol. The van der Waals surface area contributed by atoms with Crippen molar-refractivity contribution >= 4 is 43.3 Å². The molecule has 4 aromatic rings. The molecule has 0 aliphatic heterocycles. The number of ketones is 1. The Kier molecular flexibility index (Phi) is 5.86. The van der Waals surface area contributed by atoms with Crippen LogP contribution in [0.15, 0.2) is 88.7 Å². The summed E-state index contributed by atoms with van der Waals surface area (Å²) in [5.41, 5.74) is 9.47. The van der Waals surface area contributed by atoms with Crippen molar-refractivity contribution in [3.8, 4) is 0 Å². The predicted octanol–water partition coefficient (Wildman–Crippen LogP) is 5.75. The molecule has 1 heterocycles. The van der Waals surface area contributed by atoms with E-state index in [0.29, 0.717) is 10.6 Å². The van der Waals surface area contributed by atoms with Crippen molar-refractivity contribution in [1.29, 1.82) is 0 Å². The third-order valence-corrected chi connectivity index (χ3v) is 8.29. The van der Waals surface area contributed by atoms with E-state index in [0.717, 1.165) is 28.2 Å². The van der Waals surface area contributed by atoms with Crippen LogP contribution >= 0.6 is 11.3 Å². The topological polar surface area (TPSA) is 89.3 Å². The highest BCUT2D eigenvalue weighted by atomic mass is 32.2. The minimum Gasteiger partial charge on any atom is -0.396 e. The van der Waals surface area contributed by atoms with E-state index in [1.807, 2.05) is 38.1 Å². The van der Waals surface area contributed by atoms with Crippen LogP contribution in [0.4, 0.5) is 16.4 Å². The molecule has 3 N–H and O–H groups in total. The van der Waals surface area contributed by atoms with E-state index in [-0.39, 0.29) is 26.1 Å². The van der Waals surface area contributed by atoms with Crippen molar-refractivity contribution in [3.05, 3.63) is 100 Å². The number of nitrogens with two attached hydrogens (primary N) is 1. The van der Waals surface area contributed by atoms with Gasteiger partial charge in [-0.3, -0.25) is 4.79 Å². The lowest BCUT2D eigenvalue weighted by Crippen LogP contribution is -2.08. The Bertz CT molecular complexity index is 1370. The number of hydrogen-bond acceptors (Lipinski definition) is 6. The molecule has 5 nitrogen and oxygen atoms in total. The molecule has 0 aliphatic carbocycles. The van der Waals surface area contributed by atoms with E-state index < -0.39 is 9.84 Å². The highest BCUT2D eigenvalue weighted by Gasteiger charge is 2.31. The molecule has 32 heavy (non-hydrogen) atoms. The van der Waals surface area contributed by atoms with E-state index in [1.54, 1.807) is 42.5 Å². The SMILES string of the molecule is Cc1cccc(C)c1Nc1sc(C(=O)c2ccccc2)c(N)c1S(=O)(=O)c1ccccc1. The van der Waals surface area contributed by atoms with Crippen LogP contribution in [0.1, 0.15) is 26.4 Å². The van der Waals surface area contributed by atoms with Crippen LogP contribution in [-0.4, -0.2) is 14.2 Å². The number of anilines is 3. The normalized spacial score (nSPS) is 11.3. The molecule has 0 aliphatic rings. The fraction of sp³-hybridized carbons (Fsp3) is 0.0800. The molecule has 0 unspecified atom stereocenters. The summed E-state index contributed by atoms with van der Waals surface area (Å²) < 4.78 is 27.2. The van der Waals surface area contributed by atoms with Crippen molar-refractivity contribution in [2.75, 3.05) is 11.1 Å². The summed E-state index contributed by atoms with van der Waals surface area (Å²) in [6.45, 7) is 3.88. The lowest BCUT2D eigenvalue weighted by Gasteiger charge is -2.13. The number of hydrogen-bond donors (Lipinski definition) is 2. The van der Waals surface area contributed by atoms with Gasteiger partial charge in [0.25, 0.3) is 0 Å². The number of benzene rings is 3. The largest absolute Gasteiger partial charge is 0.396 e. The monoisotopic (exact) mass is 462 g/mol. The fourth-order valence-electron chi connectivity index (χ4n) is 3.51. The summed E-state index contributed by atoms with van der Waals surface area (Å²) in [7, 11) is -3.97. The maximum absolute atomic E-state index is 13.6. The Morgan fingerprint density at radius 3 is 2.00 bits per heavy atom. The van der Waals surface area contributed by atoms with Crippen LogP contribution in [0, 0.1) is 13.8 Å². The lowest BCUT2D eigenvalue weighted by molar-refractivity contribution is 0.104. The number of sulfone groups is 1. The second-order valence-electron chi connectivity index (χ2n) is 7.41. The Labute approximate surface area is 191 Å². The number of nitrogens with one attached hydrogen (secondary N) is 1. The zero-order valence-corrected chi connectivity index (χ0v) is 19.3. The Hall–Kier alpha value is -3.42.